The van der Waals surface area contributed by atoms with Crippen molar-refractivity contribution in [2.24, 2.45) is 0 Å². The van der Waals surface area contributed by atoms with Crippen LogP contribution >= 0.6 is 0 Å². The highest BCUT2D eigenvalue weighted by Crippen LogP contribution is 2.21. The van der Waals surface area contributed by atoms with Crippen LogP contribution in [0.25, 0.3) is 0 Å². The van der Waals surface area contributed by atoms with Gasteiger partial charge in [-0.15, -0.1) is 0 Å². The molecule has 0 aliphatic carbocycles. The molecule has 1 saturated heterocycles. The summed E-state index contributed by atoms with van der Waals surface area (Å²) in [5.74, 6) is 0. The lowest BCUT2D eigenvalue weighted by Crippen LogP contribution is -2.57. The van der Waals surface area contributed by atoms with Crippen LogP contribution in [0, 0.1) is 0 Å². The predicted molar refractivity (Wildman–Crippen MR) is 48.6 cm³/mol. The molecule has 82 valence electrons. The zero-order valence-corrected chi connectivity index (χ0v) is 7.95. The van der Waals surface area contributed by atoms with Crippen LogP contribution in [0.2, 0.25) is 0 Å². The van der Waals surface area contributed by atoms with Crippen molar-refractivity contribution in [3.8, 4) is 0 Å². The zero-order valence-electron chi connectivity index (χ0n) is 7.95. The molecule has 1 aliphatic rings. The fourth-order valence-corrected chi connectivity index (χ4v) is 1.48. The Labute approximate surface area is 82.3 Å². The predicted octanol–water partition coefficient (Wildman–Crippen LogP) is -1.60. The molecule has 1 aliphatic heterocycles. The minimum atomic E-state index is -1.29. The number of aliphatic hydroxyl groups is 4. The quantitative estimate of drug-likeness (QED) is 0.407. The van der Waals surface area contributed by atoms with Gasteiger partial charge in [-0.05, 0) is 6.92 Å². The van der Waals surface area contributed by atoms with Crippen molar-refractivity contribution < 1.29 is 25.2 Å². The minimum Gasteiger partial charge on any atom is -0.394 e. The fourth-order valence-electron chi connectivity index (χ4n) is 1.48. The summed E-state index contributed by atoms with van der Waals surface area (Å²) in [6, 6.07) is 0. The Balaban J connectivity index is 2.73. The van der Waals surface area contributed by atoms with Crippen LogP contribution in [0.5, 0.6) is 0 Å². The Morgan fingerprint density at radius 2 is 1.79 bits per heavy atom. The molecule has 5 atom stereocenters. The van der Waals surface area contributed by atoms with Crippen LogP contribution in [0.3, 0.4) is 0 Å². The van der Waals surface area contributed by atoms with Crippen LogP contribution in [0.15, 0.2) is 12.2 Å². The third-order valence-electron chi connectivity index (χ3n) is 2.31. The van der Waals surface area contributed by atoms with E-state index in [1.165, 1.54) is 0 Å². The van der Waals surface area contributed by atoms with E-state index >= 15 is 0 Å². The first kappa shape index (κ1) is 11.6. The van der Waals surface area contributed by atoms with Gasteiger partial charge in [-0.3, -0.25) is 0 Å². The van der Waals surface area contributed by atoms with E-state index < -0.39 is 30.5 Å². The third-order valence-corrected chi connectivity index (χ3v) is 2.31. The van der Waals surface area contributed by atoms with E-state index in [4.69, 9.17) is 9.84 Å². The number of hydrogen-bond donors (Lipinski definition) is 4. The highest BCUT2D eigenvalue weighted by molar-refractivity contribution is 5.00. The van der Waals surface area contributed by atoms with Crippen LogP contribution in [0.1, 0.15) is 6.92 Å². The second-order valence-electron chi connectivity index (χ2n) is 3.32. The number of ether oxygens (including phenoxy) is 1. The molecule has 1 heterocycles. The van der Waals surface area contributed by atoms with Gasteiger partial charge >= 0.3 is 0 Å². The van der Waals surface area contributed by atoms with Crippen molar-refractivity contribution in [2.75, 3.05) is 6.61 Å². The standard InChI is InChI=1S/C9H16O5/c1-2-3-5-7(11)9(13)8(12)6(4-10)14-5/h2-3,5-13H,4H2,1H3/b3-2+/t5-,6-,7+,8+,9-/m1/s1. The molecule has 0 aromatic carbocycles. The summed E-state index contributed by atoms with van der Waals surface area (Å²) < 4.78 is 5.17. The van der Waals surface area contributed by atoms with Gasteiger partial charge in [-0.2, -0.15) is 0 Å². The molecule has 0 spiro atoms. The van der Waals surface area contributed by atoms with Crippen LogP contribution < -0.4 is 0 Å². The molecular weight excluding hydrogens is 188 g/mol. The lowest BCUT2D eigenvalue weighted by Gasteiger charge is -2.38. The lowest BCUT2D eigenvalue weighted by atomic mass is 9.95. The van der Waals surface area contributed by atoms with E-state index in [1.807, 2.05) is 0 Å². The van der Waals surface area contributed by atoms with Gasteiger partial charge in [0.2, 0.25) is 0 Å². The number of hydrogen-bond acceptors (Lipinski definition) is 5. The normalized spacial score (nSPS) is 44.5. The summed E-state index contributed by atoms with van der Waals surface area (Å²) in [5, 5.41) is 37.1. The van der Waals surface area contributed by atoms with Crippen LogP contribution in [-0.2, 0) is 4.74 Å². The molecule has 14 heavy (non-hydrogen) atoms. The van der Waals surface area contributed by atoms with Crippen LogP contribution in [-0.4, -0.2) is 57.6 Å². The summed E-state index contributed by atoms with van der Waals surface area (Å²) in [6.07, 6.45) is -2.00. The average Bonchev–Trinajstić information content (AvgIpc) is 2.19. The van der Waals surface area contributed by atoms with E-state index in [2.05, 4.69) is 0 Å². The monoisotopic (exact) mass is 204 g/mol. The van der Waals surface area contributed by atoms with Gasteiger partial charge in [0.05, 0.1) is 6.61 Å². The van der Waals surface area contributed by atoms with Crippen molar-refractivity contribution in [3.05, 3.63) is 12.2 Å². The maximum absolute atomic E-state index is 9.48. The Kier molecular flexibility index (Phi) is 4.03. The van der Waals surface area contributed by atoms with E-state index in [-0.39, 0.29) is 6.61 Å². The Bertz CT molecular complexity index is 203. The molecule has 5 nitrogen and oxygen atoms in total. The summed E-state index contributed by atoms with van der Waals surface area (Å²) in [5.41, 5.74) is 0. The molecule has 0 aromatic heterocycles. The summed E-state index contributed by atoms with van der Waals surface area (Å²) >= 11 is 0. The molecule has 0 saturated carbocycles. The van der Waals surface area contributed by atoms with Crippen molar-refractivity contribution in [1.29, 1.82) is 0 Å². The SMILES string of the molecule is C/C=C/[C@H]1O[C@H](CO)[C@H](O)[C@H](O)[C@H]1O. The average molecular weight is 204 g/mol. The van der Waals surface area contributed by atoms with E-state index in [9.17, 15) is 15.3 Å². The molecular formula is C9H16O5. The van der Waals surface area contributed by atoms with Gasteiger partial charge < -0.3 is 25.2 Å². The second kappa shape index (κ2) is 4.86. The van der Waals surface area contributed by atoms with E-state index in [1.54, 1.807) is 19.1 Å². The first-order valence-electron chi connectivity index (χ1n) is 4.55. The van der Waals surface area contributed by atoms with E-state index in [0.29, 0.717) is 0 Å². The van der Waals surface area contributed by atoms with Gasteiger partial charge in [-0.1, -0.05) is 12.2 Å². The first-order chi connectivity index (χ1) is 6.61. The van der Waals surface area contributed by atoms with E-state index in [0.717, 1.165) is 0 Å². The Hall–Kier alpha value is -0.460. The molecule has 0 aromatic rings. The van der Waals surface area contributed by atoms with Gasteiger partial charge in [0.25, 0.3) is 0 Å². The molecule has 5 heteroatoms. The molecule has 0 bridgehead atoms. The fraction of sp³-hybridized carbons (Fsp3) is 0.778. The molecule has 1 rings (SSSR count). The lowest BCUT2D eigenvalue weighted by molar-refractivity contribution is -0.216. The summed E-state index contributed by atoms with van der Waals surface area (Å²) in [4.78, 5) is 0. The Morgan fingerprint density at radius 3 is 2.29 bits per heavy atom. The number of aliphatic hydroxyl groups excluding tert-OH is 4. The smallest absolute Gasteiger partial charge is 0.112 e. The molecule has 4 N–H and O–H groups in total. The van der Waals surface area contributed by atoms with Crippen molar-refractivity contribution in [1.82, 2.24) is 0 Å². The highest BCUT2D eigenvalue weighted by Gasteiger charge is 2.42. The van der Waals surface area contributed by atoms with Crippen molar-refractivity contribution >= 4 is 0 Å². The van der Waals surface area contributed by atoms with Gasteiger partial charge in [-0.25, -0.2) is 0 Å². The largest absolute Gasteiger partial charge is 0.394 e. The van der Waals surface area contributed by atoms with Crippen LogP contribution in [0.4, 0.5) is 0 Å². The van der Waals surface area contributed by atoms with Gasteiger partial charge in [0.1, 0.15) is 30.5 Å². The molecule has 0 radical (unpaired) electrons. The van der Waals surface area contributed by atoms with Crippen molar-refractivity contribution in [2.45, 2.75) is 37.4 Å². The first-order valence-corrected chi connectivity index (χ1v) is 4.55. The number of allylic oxidation sites excluding steroid dienone is 1. The molecule has 0 unspecified atom stereocenters. The third kappa shape index (κ3) is 2.13. The second-order valence-corrected chi connectivity index (χ2v) is 3.32. The summed E-state index contributed by atoms with van der Waals surface area (Å²) in [7, 11) is 0. The highest BCUT2D eigenvalue weighted by atomic mass is 16.5. The maximum Gasteiger partial charge on any atom is 0.112 e. The van der Waals surface area contributed by atoms with Gasteiger partial charge in [0, 0.05) is 0 Å². The van der Waals surface area contributed by atoms with Crippen molar-refractivity contribution in [3.63, 3.8) is 0 Å². The zero-order chi connectivity index (χ0) is 10.7. The topological polar surface area (TPSA) is 90.2 Å². The summed E-state index contributed by atoms with van der Waals surface area (Å²) in [6.45, 7) is 1.36. The molecule has 1 fully saturated rings. The van der Waals surface area contributed by atoms with Gasteiger partial charge in [0.15, 0.2) is 0 Å². The minimum absolute atomic E-state index is 0.390. The number of rotatable bonds is 2. The maximum atomic E-state index is 9.48. The Morgan fingerprint density at radius 1 is 1.14 bits per heavy atom. The molecule has 0 amide bonds.